The van der Waals surface area contributed by atoms with Gasteiger partial charge >= 0.3 is 0 Å². The maximum absolute atomic E-state index is 5.45. The number of ether oxygens (including phenoxy) is 2. The molecule has 0 radical (unpaired) electrons. The molecule has 0 aliphatic heterocycles. The third kappa shape index (κ3) is 6.59. The number of aryl methyl sites for hydroxylation is 2. The predicted molar refractivity (Wildman–Crippen MR) is 77.7 cm³/mol. The molecule has 0 bridgehead atoms. The second kappa shape index (κ2) is 9.81. The molecule has 19 heavy (non-hydrogen) atoms. The zero-order chi connectivity index (χ0) is 13.9. The quantitative estimate of drug-likeness (QED) is 0.627. The fourth-order valence-corrected chi connectivity index (χ4v) is 1.86. The number of anilines is 1. The molecule has 0 aliphatic rings. The van der Waals surface area contributed by atoms with Crippen molar-refractivity contribution in [2.75, 3.05) is 38.8 Å². The fourth-order valence-electron chi connectivity index (χ4n) is 1.86. The zero-order valence-corrected chi connectivity index (χ0v) is 12.4. The summed E-state index contributed by atoms with van der Waals surface area (Å²) in [4.78, 5) is 4.49. The Kier molecular flexibility index (Phi) is 8.25. The summed E-state index contributed by atoms with van der Waals surface area (Å²) in [7, 11) is 1.73. The van der Waals surface area contributed by atoms with E-state index < -0.39 is 0 Å². The molecule has 0 atom stereocenters. The van der Waals surface area contributed by atoms with Gasteiger partial charge in [-0.15, -0.1) is 0 Å². The van der Waals surface area contributed by atoms with Crippen LogP contribution in [0, 0.1) is 6.92 Å². The van der Waals surface area contributed by atoms with Gasteiger partial charge in [-0.25, -0.2) is 4.98 Å². The number of hydrogen-bond donors (Lipinski definition) is 1. The lowest BCUT2D eigenvalue weighted by Gasteiger charge is -2.09. The van der Waals surface area contributed by atoms with Crippen molar-refractivity contribution >= 4 is 5.95 Å². The summed E-state index contributed by atoms with van der Waals surface area (Å²) in [6.45, 7) is 8.41. The minimum atomic E-state index is 0.779. The highest BCUT2D eigenvalue weighted by Gasteiger charge is 2.04. The van der Waals surface area contributed by atoms with Crippen LogP contribution in [0.1, 0.15) is 31.9 Å². The van der Waals surface area contributed by atoms with E-state index in [1.165, 1.54) is 0 Å². The summed E-state index contributed by atoms with van der Waals surface area (Å²) in [6, 6.07) is 0. The van der Waals surface area contributed by atoms with Gasteiger partial charge in [-0.1, -0.05) is 6.92 Å². The van der Waals surface area contributed by atoms with Gasteiger partial charge in [-0.05, 0) is 26.2 Å². The number of aromatic nitrogens is 2. The van der Waals surface area contributed by atoms with Gasteiger partial charge in [0.2, 0.25) is 5.95 Å². The van der Waals surface area contributed by atoms with Crippen molar-refractivity contribution in [3.05, 3.63) is 11.9 Å². The lowest BCUT2D eigenvalue weighted by molar-refractivity contribution is 0.134. The third-order valence-electron chi connectivity index (χ3n) is 2.74. The first-order valence-corrected chi connectivity index (χ1v) is 7.12. The van der Waals surface area contributed by atoms with E-state index in [1.807, 2.05) is 6.92 Å². The minimum Gasteiger partial charge on any atom is -0.385 e. The molecule has 0 unspecified atom stereocenters. The standard InChI is InChI=1S/C14H27N3O2/c1-4-9-19-11-5-7-15-14-16-13(2)12-17(14)8-6-10-18-3/h12H,4-11H2,1-3H3,(H,15,16). The van der Waals surface area contributed by atoms with Gasteiger partial charge in [0.15, 0.2) is 0 Å². The fraction of sp³-hybridized carbons (Fsp3) is 0.786. The zero-order valence-electron chi connectivity index (χ0n) is 12.4. The van der Waals surface area contributed by atoms with Crippen LogP contribution in [0.15, 0.2) is 6.20 Å². The van der Waals surface area contributed by atoms with Crippen LogP contribution < -0.4 is 5.32 Å². The molecule has 1 rings (SSSR count). The third-order valence-corrected chi connectivity index (χ3v) is 2.74. The molecule has 0 amide bonds. The van der Waals surface area contributed by atoms with Crippen LogP contribution in [0.4, 0.5) is 5.95 Å². The predicted octanol–water partition coefficient (Wildman–Crippen LogP) is 2.46. The summed E-state index contributed by atoms with van der Waals surface area (Å²) in [5, 5.41) is 3.37. The maximum atomic E-state index is 5.45. The molecule has 0 spiro atoms. The Morgan fingerprint density at radius 3 is 2.84 bits per heavy atom. The Bertz CT molecular complexity index is 339. The second-order valence-corrected chi connectivity index (χ2v) is 4.64. The molecule has 5 nitrogen and oxygen atoms in total. The molecule has 1 heterocycles. The first-order valence-electron chi connectivity index (χ1n) is 7.12. The number of nitrogens with zero attached hydrogens (tertiary/aromatic N) is 2. The monoisotopic (exact) mass is 269 g/mol. The molecular weight excluding hydrogens is 242 g/mol. The van der Waals surface area contributed by atoms with Crippen molar-refractivity contribution in [3.8, 4) is 0 Å². The summed E-state index contributed by atoms with van der Waals surface area (Å²) < 4.78 is 12.7. The van der Waals surface area contributed by atoms with E-state index in [9.17, 15) is 0 Å². The molecule has 0 saturated carbocycles. The van der Waals surface area contributed by atoms with Gasteiger partial charge in [0.05, 0.1) is 5.69 Å². The van der Waals surface area contributed by atoms with Crippen LogP contribution in [0.2, 0.25) is 0 Å². The van der Waals surface area contributed by atoms with Crippen LogP contribution >= 0.6 is 0 Å². The van der Waals surface area contributed by atoms with E-state index in [4.69, 9.17) is 9.47 Å². The molecule has 110 valence electrons. The van der Waals surface area contributed by atoms with E-state index in [1.54, 1.807) is 7.11 Å². The van der Waals surface area contributed by atoms with Crippen LogP contribution in [-0.4, -0.2) is 43.0 Å². The van der Waals surface area contributed by atoms with Crippen molar-refractivity contribution < 1.29 is 9.47 Å². The molecule has 0 aromatic carbocycles. The van der Waals surface area contributed by atoms with Crippen LogP contribution in [-0.2, 0) is 16.0 Å². The van der Waals surface area contributed by atoms with Crippen molar-refractivity contribution in [1.29, 1.82) is 0 Å². The Balaban J connectivity index is 2.27. The van der Waals surface area contributed by atoms with Gasteiger partial charge in [0, 0.05) is 46.2 Å². The van der Waals surface area contributed by atoms with E-state index in [2.05, 4.69) is 28.0 Å². The Morgan fingerprint density at radius 2 is 2.11 bits per heavy atom. The summed E-state index contributed by atoms with van der Waals surface area (Å²) in [5.41, 5.74) is 1.04. The number of hydrogen-bond acceptors (Lipinski definition) is 4. The summed E-state index contributed by atoms with van der Waals surface area (Å²) in [5.74, 6) is 0.948. The van der Waals surface area contributed by atoms with E-state index in [0.29, 0.717) is 0 Å². The number of rotatable bonds is 11. The smallest absolute Gasteiger partial charge is 0.203 e. The molecule has 1 N–H and O–H groups in total. The van der Waals surface area contributed by atoms with E-state index in [0.717, 1.165) is 63.8 Å². The van der Waals surface area contributed by atoms with Crippen molar-refractivity contribution in [1.82, 2.24) is 9.55 Å². The summed E-state index contributed by atoms with van der Waals surface area (Å²) in [6.07, 6.45) is 5.16. The van der Waals surface area contributed by atoms with Crippen molar-refractivity contribution in [2.24, 2.45) is 0 Å². The average Bonchev–Trinajstić information content (AvgIpc) is 2.74. The molecule has 1 aromatic rings. The lowest BCUT2D eigenvalue weighted by atomic mass is 10.4. The molecule has 0 fully saturated rings. The Labute approximate surface area is 116 Å². The first-order chi connectivity index (χ1) is 9.27. The van der Waals surface area contributed by atoms with Gasteiger partial charge < -0.3 is 19.4 Å². The maximum Gasteiger partial charge on any atom is 0.203 e. The summed E-state index contributed by atoms with van der Waals surface area (Å²) >= 11 is 0. The Hall–Kier alpha value is -1.07. The highest BCUT2D eigenvalue weighted by Crippen LogP contribution is 2.09. The van der Waals surface area contributed by atoms with Crippen molar-refractivity contribution in [3.63, 3.8) is 0 Å². The van der Waals surface area contributed by atoms with Crippen LogP contribution in [0.5, 0.6) is 0 Å². The van der Waals surface area contributed by atoms with E-state index >= 15 is 0 Å². The highest BCUT2D eigenvalue weighted by molar-refractivity contribution is 5.28. The van der Waals surface area contributed by atoms with Gasteiger partial charge in [0.25, 0.3) is 0 Å². The highest BCUT2D eigenvalue weighted by atomic mass is 16.5. The normalized spacial score (nSPS) is 10.9. The topological polar surface area (TPSA) is 48.3 Å². The lowest BCUT2D eigenvalue weighted by Crippen LogP contribution is -2.11. The van der Waals surface area contributed by atoms with Crippen LogP contribution in [0.25, 0.3) is 0 Å². The molecule has 5 heteroatoms. The number of imidazole rings is 1. The molecule has 0 saturated heterocycles. The SMILES string of the molecule is CCCOCCCNc1nc(C)cn1CCCOC. The van der Waals surface area contributed by atoms with Gasteiger partial charge in [-0.2, -0.15) is 0 Å². The first kappa shape index (κ1) is 16.0. The average molecular weight is 269 g/mol. The van der Waals surface area contributed by atoms with Crippen LogP contribution in [0.3, 0.4) is 0 Å². The molecular formula is C14H27N3O2. The number of methoxy groups -OCH3 is 1. The second-order valence-electron chi connectivity index (χ2n) is 4.64. The minimum absolute atomic E-state index is 0.779. The molecule has 0 aliphatic carbocycles. The Morgan fingerprint density at radius 1 is 1.26 bits per heavy atom. The number of nitrogens with one attached hydrogen (secondary N) is 1. The largest absolute Gasteiger partial charge is 0.385 e. The van der Waals surface area contributed by atoms with E-state index in [-0.39, 0.29) is 0 Å². The van der Waals surface area contributed by atoms with Gasteiger partial charge in [0.1, 0.15) is 0 Å². The van der Waals surface area contributed by atoms with Gasteiger partial charge in [-0.3, -0.25) is 0 Å². The van der Waals surface area contributed by atoms with Crippen molar-refractivity contribution in [2.45, 2.75) is 39.7 Å². The molecule has 1 aromatic heterocycles.